The van der Waals surface area contributed by atoms with E-state index in [-0.39, 0.29) is 30.9 Å². The van der Waals surface area contributed by atoms with Crippen molar-refractivity contribution in [2.24, 2.45) is 5.92 Å². The van der Waals surface area contributed by atoms with Crippen molar-refractivity contribution in [1.82, 2.24) is 10.2 Å². The smallest absolute Gasteiger partial charge is 0.244 e. The Morgan fingerprint density at radius 2 is 1.75 bits per heavy atom. The molecule has 0 aromatic heterocycles. The number of nitrogens with one attached hydrogen (secondary N) is 1. The van der Waals surface area contributed by atoms with Gasteiger partial charge >= 0.3 is 0 Å². The van der Waals surface area contributed by atoms with E-state index < -0.39 is 28.5 Å². The maximum Gasteiger partial charge on any atom is 0.244 e. The van der Waals surface area contributed by atoms with E-state index in [1.807, 2.05) is 13.8 Å². The number of anilines is 1. The molecule has 2 aromatic carbocycles. The maximum atomic E-state index is 13.6. The molecule has 2 aromatic rings. The quantitative estimate of drug-likeness (QED) is 0.477. The molecule has 1 unspecified atom stereocenters. The van der Waals surface area contributed by atoms with E-state index >= 15 is 0 Å². The van der Waals surface area contributed by atoms with Gasteiger partial charge in [0.05, 0.1) is 11.9 Å². The lowest BCUT2D eigenvalue weighted by molar-refractivity contribution is -0.139. The Balaban J connectivity index is 1.92. The van der Waals surface area contributed by atoms with Crippen molar-refractivity contribution in [1.29, 1.82) is 0 Å². The SMILES string of the molecule is CC(C)CNC(=O)C(C)N(Cc1ccc(Cl)cc1Cl)C(=O)CN(c1ccc2c(c1)OCO2)S(C)(=O)=O. The molecule has 0 saturated carbocycles. The van der Waals surface area contributed by atoms with Gasteiger partial charge in [0.15, 0.2) is 11.5 Å². The average Bonchev–Trinajstić information content (AvgIpc) is 3.27. The molecule has 2 amide bonds. The summed E-state index contributed by atoms with van der Waals surface area (Å²) in [6, 6.07) is 8.53. The predicted molar refractivity (Wildman–Crippen MR) is 139 cm³/mol. The summed E-state index contributed by atoms with van der Waals surface area (Å²) in [6.07, 6.45) is 1.00. The van der Waals surface area contributed by atoms with Crippen molar-refractivity contribution in [3.05, 3.63) is 52.0 Å². The molecule has 9 nitrogen and oxygen atoms in total. The number of rotatable bonds is 10. The zero-order valence-electron chi connectivity index (χ0n) is 20.5. The van der Waals surface area contributed by atoms with Crippen molar-refractivity contribution in [2.75, 3.05) is 30.4 Å². The zero-order valence-corrected chi connectivity index (χ0v) is 22.8. The zero-order chi connectivity index (χ0) is 26.6. The van der Waals surface area contributed by atoms with Crippen LogP contribution in [-0.2, 0) is 26.2 Å². The summed E-state index contributed by atoms with van der Waals surface area (Å²) in [5.74, 6) is 0.114. The molecule has 36 heavy (non-hydrogen) atoms. The summed E-state index contributed by atoms with van der Waals surface area (Å²) in [5, 5.41) is 3.57. The van der Waals surface area contributed by atoms with Crippen LogP contribution in [-0.4, -0.2) is 57.3 Å². The van der Waals surface area contributed by atoms with E-state index in [1.54, 1.807) is 31.2 Å². The second kappa shape index (κ2) is 11.6. The minimum Gasteiger partial charge on any atom is -0.454 e. The normalized spacial score (nSPS) is 13.4. The third kappa shape index (κ3) is 6.96. The predicted octanol–water partition coefficient (Wildman–Crippen LogP) is 3.68. The van der Waals surface area contributed by atoms with Gasteiger partial charge in [-0.15, -0.1) is 0 Å². The first kappa shape index (κ1) is 27.9. The summed E-state index contributed by atoms with van der Waals surface area (Å²) in [6.45, 7) is 5.39. The highest BCUT2D eigenvalue weighted by atomic mass is 35.5. The standard InChI is InChI=1S/C24H29Cl2N3O6S/c1-15(2)11-27-24(31)16(3)28(12-17-5-6-18(25)9-20(17)26)23(30)13-29(36(4,32)33)19-7-8-21-22(10-19)35-14-34-21/h5-10,15-16H,11-14H2,1-4H3,(H,27,31). The van der Waals surface area contributed by atoms with Gasteiger partial charge < -0.3 is 19.7 Å². The van der Waals surface area contributed by atoms with Crippen molar-refractivity contribution in [3.63, 3.8) is 0 Å². The van der Waals surface area contributed by atoms with E-state index in [4.69, 9.17) is 32.7 Å². The summed E-state index contributed by atoms with van der Waals surface area (Å²) in [5.41, 5.74) is 0.795. The molecule has 1 heterocycles. The molecular formula is C24H29Cl2N3O6S. The lowest BCUT2D eigenvalue weighted by Gasteiger charge is -2.32. The fraction of sp³-hybridized carbons (Fsp3) is 0.417. The molecule has 0 bridgehead atoms. The lowest BCUT2D eigenvalue weighted by Crippen LogP contribution is -2.51. The van der Waals surface area contributed by atoms with E-state index in [9.17, 15) is 18.0 Å². The Bertz CT molecular complexity index is 1240. The monoisotopic (exact) mass is 557 g/mol. The van der Waals surface area contributed by atoms with Crippen LogP contribution in [0.25, 0.3) is 0 Å². The van der Waals surface area contributed by atoms with Gasteiger partial charge in [-0.3, -0.25) is 13.9 Å². The fourth-order valence-electron chi connectivity index (χ4n) is 3.52. The fourth-order valence-corrected chi connectivity index (χ4v) is 4.83. The van der Waals surface area contributed by atoms with Gasteiger partial charge in [0.25, 0.3) is 0 Å². The minimum atomic E-state index is -3.87. The number of benzene rings is 2. The molecule has 0 aliphatic carbocycles. The molecule has 1 aliphatic heterocycles. The highest BCUT2D eigenvalue weighted by Crippen LogP contribution is 2.36. The van der Waals surface area contributed by atoms with Crippen LogP contribution in [0.4, 0.5) is 5.69 Å². The molecule has 196 valence electrons. The molecule has 12 heteroatoms. The number of carbonyl (C=O) groups is 2. The Hall–Kier alpha value is -2.69. The summed E-state index contributed by atoms with van der Waals surface area (Å²) >= 11 is 12.3. The molecule has 0 radical (unpaired) electrons. The van der Waals surface area contributed by atoms with Gasteiger partial charge in [0.1, 0.15) is 12.6 Å². The molecule has 0 saturated heterocycles. The largest absolute Gasteiger partial charge is 0.454 e. The molecular weight excluding hydrogens is 529 g/mol. The second-order valence-electron chi connectivity index (χ2n) is 8.88. The Kier molecular flexibility index (Phi) is 8.97. The molecule has 0 fully saturated rings. The van der Waals surface area contributed by atoms with Crippen LogP contribution in [0.3, 0.4) is 0 Å². The highest BCUT2D eigenvalue weighted by molar-refractivity contribution is 7.92. The minimum absolute atomic E-state index is 0.0230. The molecule has 3 rings (SSSR count). The number of hydrogen-bond acceptors (Lipinski definition) is 6. The Morgan fingerprint density at radius 3 is 2.39 bits per heavy atom. The van der Waals surface area contributed by atoms with Crippen LogP contribution in [0.1, 0.15) is 26.3 Å². The molecule has 1 aliphatic rings. The molecule has 1 atom stereocenters. The number of carbonyl (C=O) groups excluding carboxylic acids is 2. The molecule has 0 spiro atoms. The van der Waals surface area contributed by atoms with Crippen molar-refractivity contribution < 1.29 is 27.5 Å². The summed E-state index contributed by atoms with van der Waals surface area (Å²) < 4.78 is 37.0. The first-order valence-electron chi connectivity index (χ1n) is 11.2. The first-order chi connectivity index (χ1) is 16.9. The number of hydrogen-bond donors (Lipinski definition) is 1. The number of nitrogens with zero attached hydrogens (tertiary/aromatic N) is 2. The van der Waals surface area contributed by atoms with Crippen molar-refractivity contribution in [3.8, 4) is 11.5 Å². The van der Waals surface area contributed by atoms with E-state index in [0.717, 1.165) is 10.6 Å². The third-order valence-electron chi connectivity index (χ3n) is 5.53. The third-order valence-corrected chi connectivity index (χ3v) is 7.26. The van der Waals surface area contributed by atoms with Crippen molar-refractivity contribution >= 4 is 50.7 Å². The topological polar surface area (TPSA) is 105 Å². The average molecular weight is 558 g/mol. The van der Waals surface area contributed by atoms with Gasteiger partial charge in [-0.1, -0.05) is 43.1 Å². The first-order valence-corrected chi connectivity index (χ1v) is 13.9. The number of halogens is 2. The van der Waals surface area contributed by atoms with Gasteiger partial charge in [0.2, 0.25) is 28.6 Å². The van der Waals surface area contributed by atoms with Gasteiger partial charge in [0, 0.05) is 29.2 Å². The number of amides is 2. The Labute approximate surface area is 221 Å². The van der Waals surface area contributed by atoms with Crippen LogP contribution < -0.4 is 19.1 Å². The Morgan fingerprint density at radius 1 is 1.06 bits per heavy atom. The van der Waals surface area contributed by atoms with Crippen LogP contribution in [0.15, 0.2) is 36.4 Å². The summed E-state index contributed by atoms with van der Waals surface area (Å²) in [4.78, 5) is 27.8. The number of fused-ring (bicyclic) bond motifs is 1. The van der Waals surface area contributed by atoms with E-state index in [0.29, 0.717) is 33.7 Å². The summed E-state index contributed by atoms with van der Waals surface area (Å²) in [7, 11) is -3.87. The van der Waals surface area contributed by atoms with Crippen LogP contribution >= 0.6 is 23.2 Å². The van der Waals surface area contributed by atoms with E-state index in [1.165, 1.54) is 17.0 Å². The van der Waals surface area contributed by atoms with Crippen LogP contribution in [0, 0.1) is 5.92 Å². The maximum absolute atomic E-state index is 13.6. The number of ether oxygens (including phenoxy) is 2. The highest BCUT2D eigenvalue weighted by Gasteiger charge is 2.31. The lowest BCUT2D eigenvalue weighted by atomic mass is 10.1. The van der Waals surface area contributed by atoms with E-state index in [2.05, 4.69) is 5.32 Å². The van der Waals surface area contributed by atoms with Gasteiger partial charge in [-0.25, -0.2) is 8.42 Å². The van der Waals surface area contributed by atoms with Crippen LogP contribution in [0.2, 0.25) is 10.0 Å². The van der Waals surface area contributed by atoms with Gasteiger partial charge in [-0.05, 0) is 42.7 Å². The number of sulfonamides is 1. The van der Waals surface area contributed by atoms with Crippen LogP contribution in [0.5, 0.6) is 11.5 Å². The van der Waals surface area contributed by atoms with Gasteiger partial charge in [-0.2, -0.15) is 0 Å². The van der Waals surface area contributed by atoms with Crippen molar-refractivity contribution in [2.45, 2.75) is 33.4 Å². The molecule has 1 N–H and O–H groups in total. The second-order valence-corrected chi connectivity index (χ2v) is 11.6.